The van der Waals surface area contributed by atoms with Crippen molar-refractivity contribution in [3.63, 3.8) is 0 Å². The maximum atomic E-state index is 12.3. The third-order valence-electron chi connectivity index (χ3n) is 3.58. The quantitative estimate of drug-likeness (QED) is 0.590. The van der Waals surface area contributed by atoms with Crippen molar-refractivity contribution in [2.75, 3.05) is 14.2 Å². The van der Waals surface area contributed by atoms with Gasteiger partial charge in [0.1, 0.15) is 28.2 Å². The van der Waals surface area contributed by atoms with Gasteiger partial charge in [0.05, 0.1) is 14.2 Å². The van der Waals surface area contributed by atoms with E-state index in [0.29, 0.717) is 41.1 Å². The molecule has 1 aromatic carbocycles. The minimum atomic E-state index is -0.946. The molecule has 0 atom stereocenters. The number of methoxy groups -OCH3 is 2. The number of hydrogen-bond donors (Lipinski definition) is 1. The Morgan fingerprint density at radius 2 is 2.00 bits per heavy atom. The highest BCUT2D eigenvalue weighted by Gasteiger charge is 2.12. The molecule has 0 unspecified atom stereocenters. The predicted octanol–water partition coefficient (Wildman–Crippen LogP) is 3.16. The second-order valence-corrected chi connectivity index (χ2v) is 5.27. The summed E-state index contributed by atoms with van der Waals surface area (Å²) in [4.78, 5) is 22.7. The van der Waals surface area contributed by atoms with Crippen LogP contribution in [0.5, 0.6) is 11.5 Å². The average molecular weight is 332 g/mol. The number of unbranched alkanes of at least 4 members (excludes halogenated alkanes) is 2. The second kappa shape index (κ2) is 8.19. The Bertz CT molecular complexity index is 803. The van der Waals surface area contributed by atoms with Crippen molar-refractivity contribution in [2.24, 2.45) is 0 Å². The molecule has 0 aliphatic rings. The highest BCUT2D eigenvalue weighted by molar-refractivity contribution is 5.85. The number of aryl methyl sites for hydroxylation is 1. The van der Waals surface area contributed by atoms with Gasteiger partial charge in [0.15, 0.2) is 5.43 Å². The number of carbonyl (C=O) groups is 1. The zero-order valence-electron chi connectivity index (χ0n) is 13.7. The number of ether oxygens (including phenoxy) is 2. The van der Waals surface area contributed by atoms with Crippen molar-refractivity contribution in [1.29, 1.82) is 0 Å². The van der Waals surface area contributed by atoms with Crippen LogP contribution in [0, 0.1) is 0 Å². The third-order valence-corrected chi connectivity index (χ3v) is 3.58. The third kappa shape index (κ3) is 4.38. The van der Waals surface area contributed by atoms with Crippen molar-refractivity contribution < 1.29 is 23.8 Å². The normalized spacial score (nSPS) is 11.1. The van der Waals surface area contributed by atoms with Gasteiger partial charge in [0, 0.05) is 30.7 Å². The topological polar surface area (TPSA) is 86.0 Å². The Balaban J connectivity index is 2.15. The van der Waals surface area contributed by atoms with E-state index in [1.807, 2.05) is 0 Å². The molecule has 0 aliphatic heterocycles. The summed E-state index contributed by atoms with van der Waals surface area (Å²) in [6.45, 7) is 0. The van der Waals surface area contributed by atoms with E-state index >= 15 is 0 Å². The van der Waals surface area contributed by atoms with Gasteiger partial charge in [-0.15, -0.1) is 0 Å². The SMILES string of the molecule is COc1cc(OC)c2c(=O)cc(CCCC/C=C/C(=O)O)oc2c1. The van der Waals surface area contributed by atoms with Crippen molar-refractivity contribution in [3.05, 3.63) is 46.3 Å². The molecule has 1 heterocycles. The summed E-state index contributed by atoms with van der Waals surface area (Å²) >= 11 is 0. The lowest BCUT2D eigenvalue weighted by atomic mass is 10.1. The number of carboxylic acid groups (broad SMARTS) is 1. The van der Waals surface area contributed by atoms with Gasteiger partial charge in [-0.1, -0.05) is 6.08 Å². The summed E-state index contributed by atoms with van der Waals surface area (Å²) in [5, 5.41) is 8.90. The number of carboxylic acids is 1. The van der Waals surface area contributed by atoms with E-state index in [1.54, 1.807) is 18.2 Å². The first-order valence-corrected chi connectivity index (χ1v) is 7.63. The molecule has 1 N–H and O–H groups in total. The summed E-state index contributed by atoms with van der Waals surface area (Å²) in [6.07, 6.45) is 5.63. The molecule has 0 radical (unpaired) electrons. The van der Waals surface area contributed by atoms with Gasteiger partial charge >= 0.3 is 5.97 Å². The zero-order valence-corrected chi connectivity index (χ0v) is 13.7. The Morgan fingerprint density at radius 1 is 1.21 bits per heavy atom. The van der Waals surface area contributed by atoms with Crippen molar-refractivity contribution >= 4 is 16.9 Å². The van der Waals surface area contributed by atoms with E-state index in [1.165, 1.54) is 20.3 Å². The molecule has 0 spiro atoms. The lowest BCUT2D eigenvalue weighted by Gasteiger charge is -2.09. The molecule has 6 nitrogen and oxygen atoms in total. The van der Waals surface area contributed by atoms with Crippen LogP contribution in [0.2, 0.25) is 0 Å². The fourth-order valence-corrected chi connectivity index (χ4v) is 2.43. The molecular formula is C18H20O6. The molecule has 0 fully saturated rings. The smallest absolute Gasteiger partial charge is 0.327 e. The first-order valence-electron chi connectivity index (χ1n) is 7.63. The van der Waals surface area contributed by atoms with Crippen LogP contribution in [0.1, 0.15) is 25.0 Å². The van der Waals surface area contributed by atoms with Gasteiger partial charge in [-0.3, -0.25) is 4.79 Å². The van der Waals surface area contributed by atoms with Crippen LogP contribution in [0.25, 0.3) is 11.0 Å². The lowest BCUT2D eigenvalue weighted by molar-refractivity contribution is -0.131. The summed E-state index contributed by atoms with van der Waals surface area (Å²) < 4.78 is 16.2. The molecular weight excluding hydrogens is 312 g/mol. The number of hydrogen-bond acceptors (Lipinski definition) is 5. The van der Waals surface area contributed by atoms with E-state index in [9.17, 15) is 9.59 Å². The lowest BCUT2D eigenvalue weighted by Crippen LogP contribution is -2.04. The highest BCUT2D eigenvalue weighted by Crippen LogP contribution is 2.29. The summed E-state index contributed by atoms with van der Waals surface area (Å²) in [5.41, 5.74) is 0.274. The van der Waals surface area contributed by atoms with Crippen molar-refractivity contribution in [2.45, 2.75) is 25.7 Å². The largest absolute Gasteiger partial charge is 0.496 e. The highest BCUT2D eigenvalue weighted by atomic mass is 16.5. The fraction of sp³-hybridized carbons (Fsp3) is 0.333. The minimum absolute atomic E-state index is 0.156. The average Bonchev–Trinajstić information content (AvgIpc) is 2.56. The van der Waals surface area contributed by atoms with Crippen LogP contribution < -0.4 is 14.9 Å². The van der Waals surface area contributed by atoms with E-state index in [-0.39, 0.29) is 5.43 Å². The predicted molar refractivity (Wildman–Crippen MR) is 89.9 cm³/mol. The first kappa shape index (κ1) is 17.6. The molecule has 0 bridgehead atoms. The maximum absolute atomic E-state index is 12.3. The Kier molecular flexibility index (Phi) is 6.01. The number of fused-ring (bicyclic) bond motifs is 1. The molecule has 2 rings (SSSR count). The van der Waals surface area contributed by atoms with Crippen LogP contribution in [0.3, 0.4) is 0 Å². The van der Waals surface area contributed by atoms with Gasteiger partial charge < -0.3 is 19.0 Å². The van der Waals surface area contributed by atoms with Crippen molar-refractivity contribution in [3.8, 4) is 11.5 Å². The molecule has 1 aromatic heterocycles. The van der Waals surface area contributed by atoms with Crippen molar-refractivity contribution in [1.82, 2.24) is 0 Å². The van der Waals surface area contributed by atoms with Crippen LogP contribution >= 0.6 is 0 Å². The first-order chi connectivity index (χ1) is 11.5. The number of benzene rings is 1. The van der Waals surface area contributed by atoms with E-state index in [2.05, 4.69) is 0 Å². The number of aliphatic carboxylic acids is 1. The van der Waals surface area contributed by atoms with Gasteiger partial charge in [0.2, 0.25) is 0 Å². The summed E-state index contributed by atoms with van der Waals surface area (Å²) in [7, 11) is 3.03. The second-order valence-electron chi connectivity index (χ2n) is 5.27. The summed E-state index contributed by atoms with van der Waals surface area (Å²) in [5.74, 6) is 0.616. The zero-order chi connectivity index (χ0) is 17.5. The Morgan fingerprint density at radius 3 is 2.67 bits per heavy atom. The fourth-order valence-electron chi connectivity index (χ4n) is 2.43. The van der Waals surface area contributed by atoms with Gasteiger partial charge in [-0.25, -0.2) is 4.79 Å². The molecule has 0 saturated carbocycles. The van der Waals surface area contributed by atoms with Gasteiger partial charge in [0.25, 0.3) is 0 Å². The standard InChI is InChI=1S/C18H20O6/c1-22-13-10-15(23-2)18-14(19)9-12(24-16(18)11-13)7-5-3-4-6-8-17(20)21/h6,8-11H,3-5,7H2,1-2H3,(H,20,21)/b8-6+. The molecule has 128 valence electrons. The molecule has 6 heteroatoms. The molecule has 24 heavy (non-hydrogen) atoms. The van der Waals surface area contributed by atoms with E-state index in [4.69, 9.17) is 19.0 Å². The number of rotatable bonds is 8. The molecule has 0 saturated heterocycles. The maximum Gasteiger partial charge on any atom is 0.327 e. The summed E-state index contributed by atoms with van der Waals surface area (Å²) in [6, 6.07) is 4.79. The molecule has 0 amide bonds. The van der Waals surface area contributed by atoms with Gasteiger partial charge in [-0.05, 0) is 19.3 Å². The Labute approximate surface area is 139 Å². The van der Waals surface area contributed by atoms with E-state index in [0.717, 1.165) is 18.9 Å². The molecule has 2 aromatic rings. The number of allylic oxidation sites excluding steroid dienone is 1. The van der Waals surface area contributed by atoms with Crippen LogP contribution in [0.15, 0.2) is 39.6 Å². The van der Waals surface area contributed by atoms with Crippen LogP contribution in [-0.2, 0) is 11.2 Å². The van der Waals surface area contributed by atoms with Crippen LogP contribution in [-0.4, -0.2) is 25.3 Å². The van der Waals surface area contributed by atoms with Gasteiger partial charge in [-0.2, -0.15) is 0 Å². The molecule has 0 aliphatic carbocycles. The monoisotopic (exact) mass is 332 g/mol. The van der Waals surface area contributed by atoms with Crippen LogP contribution in [0.4, 0.5) is 0 Å². The van der Waals surface area contributed by atoms with E-state index < -0.39 is 5.97 Å². The minimum Gasteiger partial charge on any atom is -0.496 e. The Hall–Kier alpha value is -2.76.